The van der Waals surface area contributed by atoms with E-state index in [9.17, 15) is 0 Å². The summed E-state index contributed by atoms with van der Waals surface area (Å²) in [6.45, 7) is 6.93. The summed E-state index contributed by atoms with van der Waals surface area (Å²) < 4.78 is 11.4. The number of aryl methyl sites for hydroxylation is 1. The van der Waals surface area contributed by atoms with Crippen LogP contribution in [0.4, 0.5) is 0 Å². The van der Waals surface area contributed by atoms with Crippen molar-refractivity contribution in [1.82, 2.24) is 0 Å². The van der Waals surface area contributed by atoms with E-state index in [2.05, 4.69) is 17.8 Å². The number of methoxy groups -OCH3 is 1. The van der Waals surface area contributed by atoms with E-state index in [1.54, 1.807) is 7.11 Å². The predicted octanol–water partition coefficient (Wildman–Crippen LogP) is 2.83. The van der Waals surface area contributed by atoms with E-state index < -0.39 is 0 Å². The van der Waals surface area contributed by atoms with Crippen LogP contribution in [-0.4, -0.2) is 27.0 Å². The van der Waals surface area contributed by atoms with Gasteiger partial charge in [0, 0.05) is 17.7 Å². The second-order valence-corrected chi connectivity index (χ2v) is 4.52. The van der Waals surface area contributed by atoms with Crippen LogP contribution in [0.25, 0.3) is 0 Å². The highest BCUT2D eigenvalue weighted by atomic mass is 16.5. The number of benzene rings is 1. The zero-order valence-corrected chi connectivity index (χ0v) is 11.3. The first-order valence-electron chi connectivity index (χ1n) is 6.58. The van der Waals surface area contributed by atoms with Gasteiger partial charge >= 0.3 is 0 Å². The Morgan fingerprint density at radius 3 is 2.83 bits per heavy atom. The normalized spacial score (nSPS) is 13.2. The third kappa shape index (κ3) is 2.35. The highest BCUT2D eigenvalue weighted by Gasteiger charge is 2.22. The monoisotopic (exact) mass is 247 g/mol. The molecule has 18 heavy (non-hydrogen) atoms. The fourth-order valence-electron chi connectivity index (χ4n) is 2.65. The summed E-state index contributed by atoms with van der Waals surface area (Å²) in [6.07, 6.45) is 4.31. The molecule has 0 unspecified atom stereocenters. The van der Waals surface area contributed by atoms with Crippen LogP contribution in [-0.2, 0) is 19.3 Å². The van der Waals surface area contributed by atoms with Gasteiger partial charge in [-0.15, -0.1) is 0 Å². The molecule has 0 N–H and O–H groups in total. The summed E-state index contributed by atoms with van der Waals surface area (Å²) in [5.41, 5.74) is 3.94. The van der Waals surface area contributed by atoms with Gasteiger partial charge in [-0.1, -0.05) is 6.07 Å². The van der Waals surface area contributed by atoms with E-state index in [0.717, 1.165) is 37.3 Å². The number of ether oxygens (including phenoxy) is 2. The lowest BCUT2D eigenvalue weighted by Gasteiger charge is -2.17. The highest BCUT2D eigenvalue weighted by Crippen LogP contribution is 2.41. The Labute approximate surface area is 109 Å². The Morgan fingerprint density at radius 2 is 2.17 bits per heavy atom. The van der Waals surface area contributed by atoms with Gasteiger partial charge < -0.3 is 14.5 Å². The lowest BCUT2D eigenvalue weighted by atomic mass is 10.0. The number of hydrogen-bond acceptors (Lipinski definition) is 3. The molecule has 3 nitrogen and oxygen atoms in total. The smallest absolute Gasteiger partial charge is 0.164 e. The van der Waals surface area contributed by atoms with Crippen LogP contribution in [0.1, 0.15) is 30.0 Å². The molecule has 0 radical (unpaired) electrons. The van der Waals surface area contributed by atoms with Gasteiger partial charge in [-0.25, -0.2) is 0 Å². The van der Waals surface area contributed by atoms with Crippen LogP contribution >= 0.6 is 0 Å². The van der Waals surface area contributed by atoms with Crippen LogP contribution in [0.5, 0.6) is 11.5 Å². The number of nitrogens with zero attached hydrogens (tertiary/aromatic N) is 1. The first kappa shape index (κ1) is 12.9. The Morgan fingerprint density at radius 1 is 1.33 bits per heavy atom. The molecule has 3 heteroatoms. The van der Waals surface area contributed by atoms with Crippen molar-refractivity contribution in [1.29, 1.82) is 0 Å². The lowest BCUT2D eigenvalue weighted by Crippen LogP contribution is -2.04. The fraction of sp³-hybridized carbons (Fsp3) is 0.533. The Kier molecular flexibility index (Phi) is 4.24. The second kappa shape index (κ2) is 5.89. The Bertz CT molecular complexity index is 441. The highest BCUT2D eigenvalue weighted by molar-refractivity contribution is 5.57. The molecule has 0 heterocycles. The van der Waals surface area contributed by atoms with Crippen LogP contribution < -0.4 is 9.47 Å². The van der Waals surface area contributed by atoms with Crippen LogP contribution in [0, 0.1) is 0 Å². The molecule has 0 saturated carbocycles. The molecule has 1 aliphatic rings. The molecule has 2 rings (SSSR count). The quantitative estimate of drug-likeness (QED) is 0.724. The van der Waals surface area contributed by atoms with E-state index in [1.807, 2.05) is 6.92 Å². The summed E-state index contributed by atoms with van der Waals surface area (Å²) >= 11 is 0. The maximum atomic E-state index is 5.79. The summed E-state index contributed by atoms with van der Waals surface area (Å²) in [6, 6.07) is 2.26. The van der Waals surface area contributed by atoms with Gasteiger partial charge in [-0.3, -0.25) is 0 Å². The first-order chi connectivity index (χ1) is 8.81. The van der Waals surface area contributed by atoms with E-state index in [4.69, 9.17) is 9.47 Å². The van der Waals surface area contributed by atoms with Crippen molar-refractivity contribution in [2.75, 3.05) is 20.3 Å². The molecule has 0 spiro atoms. The molecule has 98 valence electrons. The van der Waals surface area contributed by atoms with E-state index in [0.29, 0.717) is 6.61 Å². The SMILES string of the molecule is C=NCCc1cc2c(c(OC)c1OCC)CCC2. The van der Waals surface area contributed by atoms with Crippen molar-refractivity contribution in [3.8, 4) is 11.5 Å². The third-order valence-corrected chi connectivity index (χ3v) is 3.41. The molecule has 0 saturated heterocycles. The minimum absolute atomic E-state index is 0.656. The molecule has 1 aromatic carbocycles. The maximum Gasteiger partial charge on any atom is 0.164 e. The van der Waals surface area contributed by atoms with Gasteiger partial charge in [-0.05, 0) is 44.9 Å². The molecule has 0 bridgehead atoms. The Balaban J connectivity index is 2.46. The van der Waals surface area contributed by atoms with Gasteiger partial charge in [0.15, 0.2) is 11.5 Å². The van der Waals surface area contributed by atoms with Crippen LogP contribution in [0.15, 0.2) is 11.1 Å². The number of rotatable bonds is 6. The third-order valence-electron chi connectivity index (χ3n) is 3.41. The molecule has 0 atom stereocenters. The molecule has 0 aromatic heterocycles. The summed E-state index contributed by atoms with van der Waals surface area (Å²) in [5.74, 6) is 1.84. The van der Waals surface area contributed by atoms with Gasteiger partial charge in [0.05, 0.1) is 13.7 Å². The van der Waals surface area contributed by atoms with Gasteiger partial charge in [-0.2, -0.15) is 0 Å². The zero-order chi connectivity index (χ0) is 13.0. The zero-order valence-electron chi connectivity index (χ0n) is 11.3. The molecule has 1 aromatic rings. The second-order valence-electron chi connectivity index (χ2n) is 4.52. The summed E-state index contributed by atoms with van der Waals surface area (Å²) in [7, 11) is 1.73. The van der Waals surface area contributed by atoms with Crippen molar-refractivity contribution in [3.05, 3.63) is 22.8 Å². The standard InChI is InChI=1S/C15H21NO2/c1-4-18-14-12(8-9-16-2)10-11-6-5-7-13(11)15(14)17-3/h10H,2,4-9H2,1,3H3. The van der Waals surface area contributed by atoms with Gasteiger partial charge in [0.2, 0.25) is 0 Å². The van der Waals surface area contributed by atoms with Crippen LogP contribution in [0.2, 0.25) is 0 Å². The minimum Gasteiger partial charge on any atom is -0.493 e. The van der Waals surface area contributed by atoms with Crippen LogP contribution in [0.3, 0.4) is 0 Å². The van der Waals surface area contributed by atoms with Crippen molar-refractivity contribution in [2.24, 2.45) is 4.99 Å². The topological polar surface area (TPSA) is 30.8 Å². The largest absolute Gasteiger partial charge is 0.493 e. The number of hydrogen-bond donors (Lipinski definition) is 0. The average molecular weight is 247 g/mol. The maximum absolute atomic E-state index is 5.79. The predicted molar refractivity (Wildman–Crippen MR) is 74.3 cm³/mol. The average Bonchev–Trinajstić information content (AvgIpc) is 2.84. The van der Waals surface area contributed by atoms with Crippen molar-refractivity contribution in [2.45, 2.75) is 32.6 Å². The first-order valence-corrected chi connectivity index (χ1v) is 6.58. The van der Waals surface area contributed by atoms with Crippen molar-refractivity contribution < 1.29 is 9.47 Å². The molecular formula is C15H21NO2. The van der Waals surface area contributed by atoms with E-state index in [-0.39, 0.29) is 0 Å². The molecule has 0 aliphatic heterocycles. The fourth-order valence-corrected chi connectivity index (χ4v) is 2.65. The number of fused-ring (bicyclic) bond motifs is 1. The summed E-state index contributed by atoms with van der Waals surface area (Å²) in [4.78, 5) is 3.93. The van der Waals surface area contributed by atoms with Gasteiger partial charge in [0.25, 0.3) is 0 Å². The van der Waals surface area contributed by atoms with Gasteiger partial charge in [0.1, 0.15) is 0 Å². The lowest BCUT2D eigenvalue weighted by molar-refractivity contribution is 0.306. The van der Waals surface area contributed by atoms with E-state index >= 15 is 0 Å². The number of aliphatic imine (C=N–C) groups is 1. The van der Waals surface area contributed by atoms with E-state index in [1.165, 1.54) is 23.1 Å². The molecular weight excluding hydrogens is 226 g/mol. The minimum atomic E-state index is 0.656. The molecule has 0 fully saturated rings. The molecule has 0 amide bonds. The summed E-state index contributed by atoms with van der Waals surface area (Å²) in [5, 5.41) is 0. The van der Waals surface area contributed by atoms with Crippen molar-refractivity contribution in [3.63, 3.8) is 0 Å². The van der Waals surface area contributed by atoms with Crippen molar-refractivity contribution >= 4 is 6.72 Å². The molecule has 1 aliphatic carbocycles. The Hall–Kier alpha value is -1.51.